The lowest BCUT2D eigenvalue weighted by atomic mass is 9.87. The summed E-state index contributed by atoms with van der Waals surface area (Å²) >= 11 is 0. The molecule has 5 rings (SSSR count). The second kappa shape index (κ2) is 9.86. The molecule has 3 aromatic carbocycles. The fourth-order valence-corrected chi connectivity index (χ4v) is 5.25. The summed E-state index contributed by atoms with van der Waals surface area (Å²) in [6.07, 6.45) is 2.71. The minimum Gasteiger partial charge on any atom is -0.350 e. The summed E-state index contributed by atoms with van der Waals surface area (Å²) in [5.41, 5.74) is 6.21. The van der Waals surface area contributed by atoms with E-state index in [1.165, 1.54) is 33.2 Å². The summed E-state index contributed by atoms with van der Waals surface area (Å²) in [7, 11) is 2.09. The van der Waals surface area contributed by atoms with Gasteiger partial charge in [0.2, 0.25) is 5.91 Å². The Hall–Kier alpha value is -3.37. The molecule has 1 amide bonds. The normalized spacial score (nSPS) is 15.5. The van der Waals surface area contributed by atoms with Gasteiger partial charge in [0.1, 0.15) is 0 Å². The minimum atomic E-state index is 0.0425. The van der Waals surface area contributed by atoms with Crippen molar-refractivity contribution in [1.82, 2.24) is 14.4 Å². The van der Waals surface area contributed by atoms with Crippen molar-refractivity contribution in [3.05, 3.63) is 107 Å². The predicted molar refractivity (Wildman–Crippen MR) is 139 cm³/mol. The number of aryl methyl sites for hydroxylation is 2. The molecule has 1 aliphatic rings. The number of carbonyl (C=O) groups excluding carboxylic acids is 1. The Labute approximate surface area is 202 Å². The van der Waals surface area contributed by atoms with Crippen molar-refractivity contribution in [1.29, 1.82) is 0 Å². The van der Waals surface area contributed by atoms with Gasteiger partial charge in [-0.15, -0.1) is 0 Å². The molecule has 1 unspecified atom stereocenters. The smallest absolute Gasteiger partial charge is 0.223 e. The van der Waals surface area contributed by atoms with Crippen molar-refractivity contribution in [3.8, 4) is 0 Å². The van der Waals surface area contributed by atoms with Gasteiger partial charge in [0.05, 0.1) is 0 Å². The molecular formula is C30H33N3O. The van der Waals surface area contributed by atoms with Crippen LogP contribution in [0.25, 0.3) is 10.9 Å². The fraction of sp³-hybridized carbons (Fsp3) is 0.300. The second-order valence-electron chi connectivity index (χ2n) is 9.53. The molecule has 0 aliphatic carbocycles. The lowest BCUT2D eigenvalue weighted by Gasteiger charge is -2.35. The van der Waals surface area contributed by atoms with Gasteiger partial charge in [0.15, 0.2) is 0 Å². The van der Waals surface area contributed by atoms with Gasteiger partial charge in [-0.05, 0) is 29.7 Å². The third-order valence-electron chi connectivity index (χ3n) is 7.10. The van der Waals surface area contributed by atoms with E-state index < -0.39 is 0 Å². The summed E-state index contributed by atoms with van der Waals surface area (Å²) in [6.45, 7) is 6.50. The Balaban J connectivity index is 1.34. The largest absolute Gasteiger partial charge is 0.350 e. The predicted octanol–water partition coefficient (Wildman–Crippen LogP) is 5.35. The molecule has 0 spiro atoms. The van der Waals surface area contributed by atoms with E-state index in [9.17, 15) is 4.79 Å². The molecule has 4 nitrogen and oxygen atoms in total. The summed E-state index contributed by atoms with van der Waals surface area (Å²) in [5, 5.41) is 1.23. The van der Waals surface area contributed by atoms with Crippen molar-refractivity contribution in [2.45, 2.75) is 25.8 Å². The van der Waals surface area contributed by atoms with Crippen LogP contribution in [0.5, 0.6) is 0 Å². The maximum absolute atomic E-state index is 13.5. The zero-order valence-electron chi connectivity index (χ0n) is 20.2. The maximum atomic E-state index is 13.5. The topological polar surface area (TPSA) is 28.5 Å². The van der Waals surface area contributed by atoms with Gasteiger partial charge in [-0.25, -0.2) is 0 Å². The monoisotopic (exact) mass is 451 g/mol. The molecule has 4 aromatic rings. The number of aromatic nitrogens is 1. The number of fused-ring (bicyclic) bond motifs is 1. The van der Waals surface area contributed by atoms with Crippen LogP contribution >= 0.6 is 0 Å². The van der Waals surface area contributed by atoms with E-state index in [-0.39, 0.29) is 11.8 Å². The van der Waals surface area contributed by atoms with Crippen LogP contribution in [-0.4, -0.2) is 46.5 Å². The fourth-order valence-electron chi connectivity index (χ4n) is 5.25. The van der Waals surface area contributed by atoms with Crippen LogP contribution in [0.1, 0.15) is 34.6 Å². The molecule has 0 radical (unpaired) electrons. The third-order valence-corrected chi connectivity index (χ3v) is 7.10. The first-order valence-corrected chi connectivity index (χ1v) is 12.2. The van der Waals surface area contributed by atoms with Crippen LogP contribution in [0.3, 0.4) is 0 Å². The van der Waals surface area contributed by atoms with E-state index >= 15 is 0 Å². The lowest BCUT2D eigenvalue weighted by Crippen LogP contribution is -2.48. The Kier molecular flexibility index (Phi) is 6.50. The van der Waals surface area contributed by atoms with Crippen molar-refractivity contribution in [3.63, 3.8) is 0 Å². The standard InChI is InChI=1S/C30H33N3O/c1-23-9-8-12-25(19-23)27(28-22-31(2)29-14-7-6-13-26(28)29)20-30(34)33-17-15-32(16-18-33)21-24-10-4-3-5-11-24/h3-14,19,22,27H,15-18,20-21H2,1-2H3. The van der Waals surface area contributed by atoms with Crippen LogP contribution in [0.15, 0.2) is 85.1 Å². The highest BCUT2D eigenvalue weighted by atomic mass is 16.2. The van der Waals surface area contributed by atoms with Crippen LogP contribution < -0.4 is 0 Å². The number of benzene rings is 3. The molecule has 1 saturated heterocycles. The zero-order chi connectivity index (χ0) is 23.5. The average molecular weight is 452 g/mol. The molecule has 1 aromatic heterocycles. The lowest BCUT2D eigenvalue weighted by molar-refractivity contribution is -0.133. The molecule has 2 heterocycles. The van der Waals surface area contributed by atoms with Gasteiger partial charge < -0.3 is 9.47 Å². The molecule has 1 fully saturated rings. The Morgan fingerprint density at radius 3 is 2.38 bits per heavy atom. The summed E-state index contributed by atoms with van der Waals surface area (Å²) in [6, 6.07) is 27.7. The summed E-state index contributed by atoms with van der Waals surface area (Å²) in [5.74, 6) is 0.291. The molecule has 34 heavy (non-hydrogen) atoms. The molecule has 1 atom stereocenters. The van der Waals surface area contributed by atoms with Gasteiger partial charge >= 0.3 is 0 Å². The van der Waals surface area contributed by atoms with E-state index in [4.69, 9.17) is 0 Å². The van der Waals surface area contributed by atoms with Gasteiger partial charge in [-0.1, -0.05) is 78.4 Å². The van der Waals surface area contributed by atoms with Crippen LogP contribution in [0.2, 0.25) is 0 Å². The quantitative estimate of drug-likeness (QED) is 0.395. The molecule has 4 heteroatoms. The highest BCUT2D eigenvalue weighted by Gasteiger charge is 2.27. The van der Waals surface area contributed by atoms with Gasteiger partial charge in [-0.2, -0.15) is 0 Å². The third kappa shape index (κ3) is 4.78. The van der Waals surface area contributed by atoms with Crippen molar-refractivity contribution in [2.24, 2.45) is 7.05 Å². The van der Waals surface area contributed by atoms with E-state index in [0.29, 0.717) is 6.42 Å². The maximum Gasteiger partial charge on any atom is 0.223 e. The van der Waals surface area contributed by atoms with Crippen LogP contribution in [0, 0.1) is 6.92 Å². The number of rotatable bonds is 6. The first kappa shape index (κ1) is 22.4. The van der Waals surface area contributed by atoms with E-state index in [2.05, 4.69) is 113 Å². The number of nitrogens with zero attached hydrogens (tertiary/aromatic N) is 3. The average Bonchev–Trinajstić information content (AvgIpc) is 3.20. The number of para-hydroxylation sites is 1. The number of hydrogen-bond donors (Lipinski definition) is 0. The van der Waals surface area contributed by atoms with E-state index in [1.54, 1.807) is 0 Å². The zero-order valence-corrected chi connectivity index (χ0v) is 20.2. The second-order valence-corrected chi connectivity index (χ2v) is 9.53. The Morgan fingerprint density at radius 2 is 1.62 bits per heavy atom. The molecule has 174 valence electrons. The molecule has 1 aliphatic heterocycles. The van der Waals surface area contributed by atoms with Crippen molar-refractivity contribution >= 4 is 16.8 Å². The molecule has 0 saturated carbocycles. The van der Waals surface area contributed by atoms with Gasteiger partial charge in [-0.3, -0.25) is 9.69 Å². The summed E-state index contributed by atoms with van der Waals surface area (Å²) in [4.78, 5) is 18.1. The van der Waals surface area contributed by atoms with Crippen LogP contribution in [0.4, 0.5) is 0 Å². The molecule has 0 N–H and O–H groups in total. The summed E-state index contributed by atoms with van der Waals surface area (Å²) < 4.78 is 2.18. The van der Waals surface area contributed by atoms with Crippen molar-refractivity contribution in [2.75, 3.05) is 26.2 Å². The van der Waals surface area contributed by atoms with Crippen LogP contribution in [-0.2, 0) is 18.4 Å². The Morgan fingerprint density at radius 1 is 0.882 bits per heavy atom. The highest BCUT2D eigenvalue weighted by molar-refractivity contribution is 5.86. The number of amides is 1. The van der Waals surface area contributed by atoms with Gasteiger partial charge in [0.25, 0.3) is 0 Å². The van der Waals surface area contributed by atoms with Crippen molar-refractivity contribution < 1.29 is 4.79 Å². The first-order valence-electron chi connectivity index (χ1n) is 12.2. The number of hydrogen-bond acceptors (Lipinski definition) is 2. The SMILES string of the molecule is Cc1cccc(C(CC(=O)N2CCN(Cc3ccccc3)CC2)c2cn(C)c3ccccc23)c1. The molecular weight excluding hydrogens is 418 g/mol. The minimum absolute atomic E-state index is 0.0425. The number of piperazine rings is 1. The Bertz CT molecular complexity index is 1270. The highest BCUT2D eigenvalue weighted by Crippen LogP contribution is 2.35. The van der Waals surface area contributed by atoms with Gasteiger partial charge in [0, 0.05) is 69.2 Å². The van der Waals surface area contributed by atoms with E-state index in [1.807, 2.05) is 0 Å². The molecule has 0 bridgehead atoms. The number of carbonyl (C=O) groups is 1. The van der Waals surface area contributed by atoms with E-state index in [0.717, 1.165) is 32.7 Å². The first-order chi connectivity index (χ1) is 16.6.